The van der Waals surface area contributed by atoms with Crippen molar-refractivity contribution in [2.75, 3.05) is 0 Å². The first-order valence-corrected chi connectivity index (χ1v) is 6.98. The van der Waals surface area contributed by atoms with E-state index >= 15 is 0 Å². The number of amides is 1. The number of benzene rings is 2. The second kappa shape index (κ2) is 6.35. The third kappa shape index (κ3) is 3.23. The minimum atomic E-state index is -0.445. The summed E-state index contributed by atoms with van der Waals surface area (Å²) in [6.45, 7) is -0.230. The molecule has 0 bridgehead atoms. The van der Waals surface area contributed by atoms with Crippen molar-refractivity contribution in [1.29, 1.82) is 0 Å². The average Bonchev–Trinajstić information content (AvgIpc) is 2.57. The Morgan fingerprint density at radius 2 is 1.87 bits per heavy atom. The van der Waals surface area contributed by atoms with E-state index in [1.54, 1.807) is 42.5 Å². The van der Waals surface area contributed by atoms with Crippen molar-refractivity contribution in [1.82, 2.24) is 20.3 Å². The third-order valence-electron chi connectivity index (χ3n) is 3.36. The second-order valence-electron chi connectivity index (χ2n) is 4.94. The quantitative estimate of drug-likeness (QED) is 0.786. The Bertz CT molecular complexity index is 923. The molecule has 3 aromatic rings. The van der Waals surface area contributed by atoms with Gasteiger partial charge < -0.3 is 5.32 Å². The van der Waals surface area contributed by atoms with Gasteiger partial charge in [0.2, 0.25) is 5.91 Å². The van der Waals surface area contributed by atoms with Gasteiger partial charge in [-0.3, -0.25) is 9.59 Å². The van der Waals surface area contributed by atoms with E-state index in [0.717, 1.165) is 4.68 Å². The Hall–Kier alpha value is -3.09. The lowest BCUT2D eigenvalue weighted by atomic mass is 10.2. The van der Waals surface area contributed by atoms with Crippen molar-refractivity contribution in [3.63, 3.8) is 0 Å². The number of carbonyl (C=O) groups excluding carboxylic acids is 1. The molecule has 0 saturated heterocycles. The van der Waals surface area contributed by atoms with Gasteiger partial charge in [0.1, 0.15) is 17.9 Å². The number of hydrogen-bond donors (Lipinski definition) is 1. The van der Waals surface area contributed by atoms with Crippen LogP contribution in [0, 0.1) is 5.82 Å². The van der Waals surface area contributed by atoms with Gasteiger partial charge in [-0.25, -0.2) is 9.07 Å². The van der Waals surface area contributed by atoms with Crippen molar-refractivity contribution < 1.29 is 9.18 Å². The molecule has 0 spiro atoms. The lowest BCUT2D eigenvalue weighted by Gasteiger charge is -2.07. The fraction of sp³-hybridized carbons (Fsp3) is 0.125. The maximum absolute atomic E-state index is 13.5. The molecule has 0 atom stereocenters. The van der Waals surface area contributed by atoms with E-state index in [-0.39, 0.29) is 13.1 Å². The Balaban J connectivity index is 1.72. The molecule has 0 aliphatic carbocycles. The summed E-state index contributed by atoms with van der Waals surface area (Å²) in [4.78, 5) is 24.1. The Kier molecular flexibility index (Phi) is 4.09. The van der Waals surface area contributed by atoms with Gasteiger partial charge in [-0.15, -0.1) is 5.10 Å². The molecule has 0 unspecified atom stereocenters. The maximum Gasteiger partial charge on any atom is 0.278 e. The Morgan fingerprint density at radius 1 is 1.13 bits per heavy atom. The lowest BCUT2D eigenvalue weighted by molar-refractivity contribution is -0.122. The predicted octanol–water partition coefficient (Wildman–Crippen LogP) is 1.25. The molecule has 3 rings (SSSR count). The van der Waals surface area contributed by atoms with Crippen molar-refractivity contribution in [2.45, 2.75) is 13.1 Å². The summed E-state index contributed by atoms with van der Waals surface area (Å²) in [5, 5.41) is 10.6. The molecule has 2 aromatic carbocycles. The van der Waals surface area contributed by atoms with Gasteiger partial charge in [-0.2, -0.15) is 0 Å². The van der Waals surface area contributed by atoms with Gasteiger partial charge in [0.25, 0.3) is 5.56 Å². The van der Waals surface area contributed by atoms with Crippen LogP contribution >= 0.6 is 0 Å². The zero-order valence-corrected chi connectivity index (χ0v) is 12.1. The van der Waals surface area contributed by atoms with Crippen molar-refractivity contribution in [3.05, 3.63) is 70.3 Å². The highest BCUT2D eigenvalue weighted by Crippen LogP contribution is 2.05. The van der Waals surface area contributed by atoms with Crippen LogP contribution in [0.2, 0.25) is 0 Å². The molecule has 1 amide bonds. The number of halogens is 1. The van der Waals surface area contributed by atoms with E-state index in [9.17, 15) is 14.0 Å². The van der Waals surface area contributed by atoms with Crippen LogP contribution in [0.25, 0.3) is 10.9 Å². The van der Waals surface area contributed by atoms with Crippen LogP contribution in [-0.4, -0.2) is 20.9 Å². The summed E-state index contributed by atoms with van der Waals surface area (Å²) >= 11 is 0. The van der Waals surface area contributed by atoms with Gasteiger partial charge in [0, 0.05) is 12.1 Å². The van der Waals surface area contributed by atoms with Crippen LogP contribution in [0.3, 0.4) is 0 Å². The first-order valence-electron chi connectivity index (χ1n) is 6.98. The third-order valence-corrected chi connectivity index (χ3v) is 3.36. The first-order chi connectivity index (χ1) is 11.1. The van der Waals surface area contributed by atoms with Crippen LogP contribution < -0.4 is 10.9 Å². The van der Waals surface area contributed by atoms with Gasteiger partial charge in [0.05, 0.1) is 5.39 Å². The molecule has 7 heteroatoms. The number of aromatic nitrogens is 3. The Labute approximate surface area is 130 Å². The maximum atomic E-state index is 13.5. The van der Waals surface area contributed by atoms with Gasteiger partial charge in [-0.1, -0.05) is 35.5 Å². The molecule has 0 fully saturated rings. The van der Waals surface area contributed by atoms with E-state index in [1.165, 1.54) is 6.07 Å². The number of nitrogens with zero attached hydrogens (tertiary/aromatic N) is 3. The number of fused-ring (bicyclic) bond motifs is 1. The van der Waals surface area contributed by atoms with E-state index in [2.05, 4.69) is 15.6 Å². The fourth-order valence-corrected chi connectivity index (χ4v) is 2.15. The number of hydrogen-bond acceptors (Lipinski definition) is 4. The number of nitrogens with one attached hydrogen (secondary N) is 1. The molecular formula is C16H13FN4O2. The molecular weight excluding hydrogens is 299 g/mol. The topological polar surface area (TPSA) is 76.9 Å². The summed E-state index contributed by atoms with van der Waals surface area (Å²) in [5.74, 6) is -0.838. The second-order valence-corrected chi connectivity index (χ2v) is 4.94. The van der Waals surface area contributed by atoms with Gasteiger partial charge in [-0.05, 0) is 18.2 Å². The molecule has 1 N–H and O–H groups in total. The molecule has 116 valence electrons. The standard InChI is InChI=1S/C16H13FN4O2/c17-13-7-3-1-5-11(13)9-18-15(22)10-21-16(23)12-6-2-4-8-14(12)19-20-21/h1-8H,9-10H2,(H,18,22). The minimum Gasteiger partial charge on any atom is -0.350 e. The van der Waals surface area contributed by atoms with Crippen molar-refractivity contribution in [3.8, 4) is 0 Å². The van der Waals surface area contributed by atoms with Crippen LogP contribution in [0.5, 0.6) is 0 Å². The Morgan fingerprint density at radius 3 is 2.70 bits per heavy atom. The SMILES string of the molecule is O=C(Cn1nnc2ccccc2c1=O)NCc1ccccc1F. The zero-order valence-electron chi connectivity index (χ0n) is 12.1. The van der Waals surface area contributed by atoms with Crippen molar-refractivity contribution in [2.24, 2.45) is 0 Å². The van der Waals surface area contributed by atoms with Crippen LogP contribution in [0.4, 0.5) is 4.39 Å². The molecule has 6 nitrogen and oxygen atoms in total. The summed E-state index contributed by atoms with van der Waals surface area (Å²) in [6.07, 6.45) is 0. The molecule has 1 heterocycles. The summed E-state index contributed by atoms with van der Waals surface area (Å²) in [7, 11) is 0. The largest absolute Gasteiger partial charge is 0.350 e. The monoisotopic (exact) mass is 312 g/mol. The van der Waals surface area contributed by atoms with E-state index < -0.39 is 17.3 Å². The zero-order chi connectivity index (χ0) is 16.2. The van der Waals surface area contributed by atoms with E-state index in [0.29, 0.717) is 16.5 Å². The van der Waals surface area contributed by atoms with Gasteiger partial charge >= 0.3 is 0 Å². The fourth-order valence-electron chi connectivity index (χ4n) is 2.15. The molecule has 0 saturated carbocycles. The molecule has 0 radical (unpaired) electrons. The average molecular weight is 312 g/mol. The number of carbonyl (C=O) groups is 1. The molecule has 0 aliphatic rings. The number of rotatable bonds is 4. The van der Waals surface area contributed by atoms with Gasteiger partial charge in [0.15, 0.2) is 0 Å². The first kappa shape index (κ1) is 14.8. The van der Waals surface area contributed by atoms with E-state index in [1.807, 2.05) is 0 Å². The highest BCUT2D eigenvalue weighted by Gasteiger charge is 2.10. The summed E-state index contributed by atoms with van der Waals surface area (Å²) in [6, 6.07) is 12.9. The highest BCUT2D eigenvalue weighted by molar-refractivity contribution is 5.78. The molecule has 1 aromatic heterocycles. The molecule has 23 heavy (non-hydrogen) atoms. The van der Waals surface area contributed by atoms with E-state index in [4.69, 9.17) is 0 Å². The highest BCUT2D eigenvalue weighted by atomic mass is 19.1. The predicted molar refractivity (Wildman–Crippen MR) is 82.0 cm³/mol. The normalized spacial score (nSPS) is 10.7. The lowest BCUT2D eigenvalue weighted by Crippen LogP contribution is -2.34. The summed E-state index contributed by atoms with van der Waals surface area (Å²) in [5.41, 5.74) is 0.454. The smallest absolute Gasteiger partial charge is 0.278 e. The van der Waals surface area contributed by atoms with Crippen LogP contribution in [0.15, 0.2) is 53.3 Å². The minimum absolute atomic E-state index is 0.0429. The van der Waals surface area contributed by atoms with Crippen LogP contribution in [0.1, 0.15) is 5.56 Å². The van der Waals surface area contributed by atoms with Crippen molar-refractivity contribution >= 4 is 16.8 Å². The van der Waals surface area contributed by atoms with Crippen LogP contribution in [-0.2, 0) is 17.9 Å². The summed E-state index contributed by atoms with van der Waals surface area (Å²) < 4.78 is 14.5. The molecule has 0 aliphatic heterocycles.